The molecule has 1 aromatic rings. The minimum absolute atomic E-state index is 0.0275. The Bertz CT molecular complexity index is 401. The number of piperazine rings is 1. The molecule has 1 aliphatic rings. The van der Waals surface area contributed by atoms with Crippen molar-refractivity contribution in [1.82, 2.24) is 9.88 Å². The van der Waals surface area contributed by atoms with E-state index in [-0.39, 0.29) is 6.04 Å². The van der Waals surface area contributed by atoms with Crippen molar-refractivity contribution in [1.29, 1.82) is 5.26 Å². The molecule has 0 amide bonds. The number of anilines is 1. The summed E-state index contributed by atoms with van der Waals surface area (Å²) in [4.78, 5) is 9.15. The third-order valence-corrected chi connectivity index (χ3v) is 4.17. The summed E-state index contributed by atoms with van der Waals surface area (Å²) < 4.78 is 0. The highest BCUT2D eigenvalue weighted by Crippen LogP contribution is 2.22. The van der Waals surface area contributed by atoms with Gasteiger partial charge in [-0.25, -0.2) is 4.98 Å². The van der Waals surface area contributed by atoms with E-state index in [1.165, 1.54) is 5.69 Å². The number of rotatable bonds is 3. The largest absolute Gasteiger partial charge is 0.346 e. The smallest absolute Gasteiger partial charge is 0.185 e. The third kappa shape index (κ3) is 2.76. The molecule has 0 aliphatic carbocycles. The molecule has 0 radical (unpaired) electrons. The normalized spacial score (nSPS) is 19.0. The quantitative estimate of drug-likeness (QED) is 0.819. The molecule has 1 saturated heterocycles. The molecule has 4 nitrogen and oxygen atoms in total. The van der Waals surface area contributed by atoms with Gasteiger partial charge in [0.2, 0.25) is 0 Å². The van der Waals surface area contributed by atoms with Gasteiger partial charge in [-0.15, -0.1) is 11.3 Å². The molecule has 1 aliphatic heterocycles. The molecule has 17 heavy (non-hydrogen) atoms. The van der Waals surface area contributed by atoms with Crippen LogP contribution in [0.4, 0.5) is 5.13 Å². The Labute approximate surface area is 106 Å². The van der Waals surface area contributed by atoms with Crippen molar-refractivity contribution in [2.75, 3.05) is 31.1 Å². The fourth-order valence-corrected chi connectivity index (χ4v) is 2.95. The van der Waals surface area contributed by atoms with Crippen molar-refractivity contribution in [2.45, 2.75) is 26.3 Å². The number of hydrogen-bond acceptors (Lipinski definition) is 5. The maximum absolute atomic E-state index is 8.89. The van der Waals surface area contributed by atoms with E-state index in [9.17, 15) is 0 Å². The van der Waals surface area contributed by atoms with Crippen molar-refractivity contribution >= 4 is 16.5 Å². The first-order chi connectivity index (χ1) is 8.24. The molecule has 0 spiro atoms. The van der Waals surface area contributed by atoms with Gasteiger partial charge in [-0.3, -0.25) is 4.90 Å². The number of thiazole rings is 1. The van der Waals surface area contributed by atoms with Crippen LogP contribution in [0.15, 0.2) is 5.38 Å². The first-order valence-corrected chi connectivity index (χ1v) is 6.95. The van der Waals surface area contributed by atoms with E-state index < -0.39 is 0 Å². The molecule has 1 unspecified atom stereocenters. The first kappa shape index (κ1) is 12.3. The number of nitrogens with zero attached hydrogens (tertiary/aromatic N) is 4. The Balaban J connectivity index is 1.93. The summed E-state index contributed by atoms with van der Waals surface area (Å²) in [5, 5.41) is 12.2. The summed E-state index contributed by atoms with van der Waals surface area (Å²) >= 11 is 1.73. The fraction of sp³-hybridized carbons (Fsp3) is 0.667. The average molecular weight is 250 g/mol. The molecule has 1 atom stereocenters. The molecular weight excluding hydrogens is 232 g/mol. The Kier molecular flexibility index (Phi) is 3.97. The summed E-state index contributed by atoms with van der Waals surface area (Å²) in [7, 11) is 0. The van der Waals surface area contributed by atoms with Crippen LogP contribution in [-0.4, -0.2) is 42.1 Å². The zero-order valence-corrected chi connectivity index (χ0v) is 11.2. The first-order valence-electron chi connectivity index (χ1n) is 6.07. The molecule has 0 bridgehead atoms. The summed E-state index contributed by atoms with van der Waals surface area (Å²) in [6.07, 6.45) is 1.00. The molecular formula is C12H18N4S. The second-order valence-corrected chi connectivity index (χ2v) is 5.14. The van der Waals surface area contributed by atoms with Crippen LogP contribution >= 0.6 is 11.3 Å². The van der Waals surface area contributed by atoms with Crippen LogP contribution in [0.25, 0.3) is 0 Å². The monoisotopic (exact) mass is 250 g/mol. The SMILES string of the molecule is CCc1csc(N2CCN(C(C)C#N)CC2)n1. The van der Waals surface area contributed by atoms with E-state index in [0.29, 0.717) is 0 Å². The van der Waals surface area contributed by atoms with Gasteiger partial charge < -0.3 is 4.90 Å². The molecule has 1 fully saturated rings. The molecule has 5 heteroatoms. The number of aromatic nitrogens is 1. The zero-order chi connectivity index (χ0) is 12.3. The molecule has 2 heterocycles. The van der Waals surface area contributed by atoms with E-state index in [2.05, 4.69) is 33.2 Å². The predicted molar refractivity (Wildman–Crippen MR) is 70.4 cm³/mol. The van der Waals surface area contributed by atoms with Crippen LogP contribution in [0.2, 0.25) is 0 Å². The van der Waals surface area contributed by atoms with Gasteiger partial charge >= 0.3 is 0 Å². The van der Waals surface area contributed by atoms with Crippen molar-refractivity contribution in [3.05, 3.63) is 11.1 Å². The molecule has 2 rings (SSSR count). The number of nitriles is 1. The van der Waals surface area contributed by atoms with Crippen LogP contribution in [0.3, 0.4) is 0 Å². The van der Waals surface area contributed by atoms with Crippen LogP contribution in [0.1, 0.15) is 19.5 Å². The van der Waals surface area contributed by atoms with Crippen molar-refractivity contribution in [2.24, 2.45) is 0 Å². The number of aryl methyl sites for hydroxylation is 1. The Morgan fingerprint density at radius 3 is 2.71 bits per heavy atom. The minimum Gasteiger partial charge on any atom is -0.346 e. The topological polar surface area (TPSA) is 43.2 Å². The second-order valence-electron chi connectivity index (χ2n) is 4.30. The summed E-state index contributed by atoms with van der Waals surface area (Å²) in [5.74, 6) is 0. The van der Waals surface area contributed by atoms with Gasteiger partial charge in [-0.1, -0.05) is 6.92 Å². The highest BCUT2D eigenvalue weighted by Gasteiger charge is 2.22. The van der Waals surface area contributed by atoms with Crippen molar-refractivity contribution < 1.29 is 0 Å². The lowest BCUT2D eigenvalue weighted by Crippen LogP contribution is -2.49. The van der Waals surface area contributed by atoms with Gasteiger partial charge in [0.05, 0.1) is 17.8 Å². The minimum atomic E-state index is 0.0275. The molecule has 0 N–H and O–H groups in total. The summed E-state index contributed by atoms with van der Waals surface area (Å²) in [6, 6.07) is 2.32. The molecule has 0 saturated carbocycles. The molecule has 0 aromatic carbocycles. The average Bonchev–Trinajstić information content (AvgIpc) is 2.87. The lowest BCUT2D eigenvalue weighted by Gasteiger charge is -2.35. The summed E-state index contributed by atoms with van der Waals surface area (Å²) in [6.45, 7) is 7.95. The van der Waals surface area contributed by atoms with E-state index in [1.54, 1.807) is 11.3 Å². The summed E-state index contributed by atoms with van der Waals surface area (Å²) in [5.41, 5.74) is 1.18. The van der Waals surface area contributed by atoms with E-state index >= 15 is 0 Å². The highest BCUT2D eigenvalue weighted by atomic mass is 32.1. The predicted octanol–water partition coefficient (Wildman–Crippen LogP) is 1.74. The number of hydrogen-bond donors (Lipinski definition) is 0. The Morgan fingerprint density at radius 2 is 2.18 bits per heavy atom. The van der Waals surface area contributed by atoms with E-state index in [1.807, 2.05) is 6.92 Å². The van der Waals surface area contributed by atoms with Gasteiger partial charge in [0, 0.05) is 31.6 Å². The maximum Gasteiger partial charge on any atom is 0.185 e. The fourth-order valence-electron chi connectivity index (χ4n) is 1.99. The van der Waals surface area contributed by atoms with Crippen molar-refractivity contribution in [3.8, 4) is 6.07 Å². The Morgan fingerprint density at radius 1 is 1.47 bits per heavy atom. The van der Waals surface area contributed by atoms with Gasteiger partial charge in [0.25, 0.3) is 0 Å². The van der Waals surface area contributed by atoms with Crippen LogP contribution in [0.5, 0.6) is 0 Å². The Hall–Kier alpha value is -1.12. The molecule has 92 valence electrons. The van der Waals surface area contributed by atoms with Gasteiger partial charge in [0.1, 0.15) is 0 Å². The lowest BCUT2D eigenvalue weighted by molar-refractivity contribution is 0.231. The van der Waals surface area contributed by atoms with Gasteiger partial charge in [0.15, 0.2) is 5.13 Å². The van der Waals surface area contributed by atoms with E-state index in [0.717, 1.165) is 37.7 Å². The second kappa shape index (κ2) is 5.48. The molecule has 1 aromatic heterocycles. The maximum atomic E-state index is 8.89. The standard InChI is InChI=1S/C12H18N4S/c1-3-11-9-17-12(14-11)16-6-4-15(5-7-16)10(2)8-13/h9-10H,3-7H2,1-2H3. The third-order valence-electron chi connectivity index (χ3n) is 3.22. The van der Waals surface area contributed by atoms with E-state index in [4.69, 9.17) is 5.26 Å². The lowest BCUT2D eigenvalue weighted by atomic mass is 10.2. The van der Waals surface area contributed by atoms with Crippen LogP contribution in [0, 0.1) is 11.3 Å². The van der Waals surface area contributed by atoms with Crippen molar-refractivity contribution in [3.63, 3.8) is 0 Å². The van der Waals surface area contributed by atoms with Crippen LogP contribution < -0.4 is 4.90 Å². The zero-order valence-electron chi connectivity index (χ0n) is 10.4. The van der Waals surface area contributed by atoms with Crippen LogP contribution in [-0.2, 0) is 6.42 Å². The highest BCUT2D eigenvalue weighted by molar-refractivity contribution is 7.13. The van der Waals surface area contributed by atoms with Gasteiger partial charge in [-0.2, -0.15) is 5.26 Å². The van der Waals surface area contributed by atoms with Gasteiger partial charge in [-0.05, 0) is 13.3 Å².